The maximum atomic E-state index is 12.9. The van der Waals surface area contributed by atoms with Crippen molar-refractivity contribution in [1.82, 2.24) is 5.16 Å². The first kappa shape index (κ1) is 18.5. The van der Waals surface area contributed by atoms with Crippen molar-refractivity contribution in [3.63, 3.8) is 0 Å². The highest BCUT2D eigenvalue weighted by Gasteiger charge is 2.25. The summed E-state index contributed by atoms with van der Waals surface area (Å²) in [5.74, 6) is 1.64. The van der Waals surface area contributed by atoms with Crippen molar-refractivity contribution in [2.75, 3.05) is 18.9 Å². The number of aromatic nitrogens is 1. The molecule has 2 heterocycles. The lowest BCUT2D eigenvalue weighted by atomic mass is 10.1. The zero-order chi connectivity index (χ0) is 19.9. The smallest absolute Gasteiger partial charge is 0.262 e. The summed E-state index contributed by atoms with van der Waals surface area (Å²) in [6.07, 6.45) is 1.54. The normalized spacial score (nSPS) is 12.5. The predicted octanol–water partition coefficient (Wildman–Crippen LogP) is 3.71. The number of rotatable bonds is 5. The standard InChI is InChI=1S/C18H15ClN2O6S/c1-24-16-7-17(25-2)14(6-13(16)19)21-28(22,23)11-3-4-15-12(5-11)18-10(9-26-15)8-20-27-18/h3-8,21H,9H2,1-2H3. The summed E-state index contributed by atoms with van der Waals surface area (Å²) >= 11 is 6.12. The first-order valence-electron chi connectivity index (χ1n) is 8.08. The summed E-state index contributed by atoms with van der Waals surface area (Å²) in [6.45, 7) is 0.317. The molecule has 146 valence electrons. The van der Waals surface area contributed by atoms with Crippen LogP contribution in [0.5, 0.6) is 17.2 Å². The predicted molar refractivity (Wildman–Crippen MR) is 102 cm³/mol. The third-order valence-corrected chi connectivity index (χ3v) is 5.91. The Hall–Kier alpha value is -2.91. The number of fused-ring (bicyclic) bond motifs is 3. The van der Waals surface area contributed by atoms with E-state index in [2.05, 4.69) is 9.88 Å². The molecule has 2 aromatic carbocycles. The minimum atomic E-state index is -3.95. The SMILES string of the molecule is COc1cc(OC)c(NS(=O)(=O)c2ccc3c(c2)-c2oncc2CO3)cc1Cl. The van der Waals surface area contributed by atoms with E-state index in [9.17, 15) is 8.42 Å². The molecule has 1 aliphatic rings. The van der Waals surface area contributed by atoms with Crippen molar-refractivity contribution in [2.24, 2.45) is 0 Å². The fourth-order valence-corrected chi connectivity index (χ4v) is 4.19. The Bertz CT molecular complexity index is 1160. The Morgan fingerprint density at radius 2 is 1.93 bits per heavy atom. The van der Waals surface area contributed by atoms with Crippen molar-refractivity contribution in [3.8, 4) is 28.6 Å². The number of hydrogen-bond donors (Lipinski definition) is 1. The summed E-state index contributed by atoms with van der Waals surface area (Å²) in [5, 5.41) is 3.99. The van der Waals surface area contributed by atoms with Gasteiger partial charge in [0.1, 0.15) is 23.9 Å². The summed E-state index contributed by atoms with van der Waals surface area (Å²) in [4.78, 5) is 0.0214. The highest BCUT2D eigenvalue weighted by atomic mass is 35.5. The molecule has 0 spiro atoms. The average Bonchev–Trinajstić information content (AvgIpc) is 3.17. The highest BCUT2D eigenvalue weighted by molar-refractivity contribution is 7.92. The monoisotopic (exact) mass is 422 g/mol. The summed E-state index contributed by atoms with van der Waals surface area (Å²) in [6, 6.07) is 7.42. The van der Waals surface area contributed by atoms with Gasteiger partial charge in [-0.15, -0.1) is 0 Å². The fourth-order valence-electron chi connectivity index (χ4n) is 2.86. The Morgan fingerprint density at radius 1 is 1.14 bits per heavy atom. The van der Waals surface area contributed by atoms with E-state index in [-0.39, 0.29) is 21.4 Å². The van der Waals surface area contributed by atoms with Gasteiger partial charge in [0, 0.05) is 6.07 Å². The second-order valence-electron chi connectivity index (χ2n) is 5.92. The first-order valence-corrected chi connectivity index (χ1v) is 9.94. The van der Waals surface area contributed by atoms with Crippen LogP contribution < -0.4 is 18.9 Å². The molecule has 0 unspecified atom stereocenters. The summed E-state index contributed by atoms with van der Waals surface area (Å²) in [7, 11) is -1.07. The molecule has 8 nitrogen and oxygen atoms in total. The molecule has 0 atom stereocenters. The zero-order valence-electron chi connectivity index (χ0n) is 14.9. The second kappa shape index (κ2) is 6.92. The van der Waals surface area contributed by atoms with Crippen LogP contribution in [0.1, 0.15) is 5.56 Å². The average molecular weight is 423 g/mol. The molecular weight excluding hydrogens is 408 g/mol. The van der Waals surface area contributed by atoms with Crippen LogP contribution in [0.25, 0.3) is 11.3 Å². The number of hydrogen-bond acceptors (Lipinski definition) is 7. The molecule has 1 aliphatic heterocycles. The molecule has 0 saturated carbocycles. The van der Waals surface area contributed by atoms with Crippen LogP contribution in [0.4, 0.5) is 5.69 Å². The maximum absolute atomic E-state index is 12.9. The van der Waals surface area contributed by atoms with Gasteiger partial charge in [-0.1, -0.05) is 16.8 Å². The van der Waals surface area contributed by atoms with Crippen LogP contribution in [-0.2, 0) is 16.6 Å². The number of nitrogens with zero attached hydrogens (tertiary/aromatic N) is 1. The number of anilines is 1. The minimum absolute atomic E-state index is 0.0214. The van der Waals surface area contributed by atoms with Crippen molar-refractivity contribution in [2.45, 2.75) is 11.5 Å². The maximum Gasteiger partial charge on any atom is 0.262 e. The fraction of sp³-hybridized carbons (Fsp3) is 0.167. The van der Waals surface area contributed by atoms with Crippen molar-refractivity contribution < 1.29 is 27.2 Å². The Labute approximate surface area is 166 Å². The molecule has 10 heteroatoms. The van der Waals surface area contributed by atoms with Crippen molar-refractivity contribution >= 4 is 27.3 Å². The van der Waals surface area contributed by atoms with E-state index in [0.29, 0.717) is 29.4 Å². The van der Waals surface area contributed by atoms with Gasteiger partial charge < -0.3 is 18.7 Å². The quantitative estimate of drug-likeness (QED) is 0.669. The lowest BCUT2D eigenvalue weighted by Gasteiger charge is -2.18. The summed E-state index contributed by atoms with van der Waals surface area (Å²) < 4.78 is 49.6. The third kappa shape index (κ3) is 3.12. The van der Waals surface area contributed by atoms with Crippen LogP contribution >= 0.6 is 11.6 Å². The van der Waals surface area contributed by atoms with Gasteiger partial charge in [0.2, 0.25) is 0 Å². The number of benzene rings is 2. The van der Waals surface area contributed by atoms with Gasteiger partial charge in [-0.3, -0.25) is 4.72 Å². The number of halogens is 1. The molecule has 0 bridgehead atoms. The van der Waals surface area contributed by atoms with E-state index in [1.54, 1.807) is 12.3 Å². The highest BCUT2D eigenvalue weighted by Crippen LogP contribution is 2.40. The van der Waals surface area contributed by atoms with Gasteiger partial charge >= 0.3 is 0 Å². The van der Waals surface area contributed by atoms with E-state index >= 15 is 0 Å². The Balaban J connectivity index is 1.73. The van der Waals surface area contributed by atoms with E-state index < -0.39 is 10.0 Å². The van der Waals surface area contributed by atoms with Gasteiger partial charge in [0.05, 0.1) is 47.1 Å². The number of methoxy groups -OCH3 is 2. The van der Waals surface area contributed by atoms with Crippen molar-refractivity contribution in [3.05, 3.63) is 47.1 Å². The van der Waals surface area contributed by atoms with Crippen molar-refractivity contribution in [1.29, 1.82) is 0 Å². The molecule has 28 heavy (non-hydrogen) atoms. The number of ether oxygens (including phenoxy) is 3. The van der Waals surface area contributed by atoms with E-state index in [0.717, 1.165) is 5.56 Å². The number of nitrogens with one attached hydrogen (secondary N) is 1. The van der Waals surface area contributed by atoms with Crippen LogP contribution in [0.15, 0.2) is 45.9 Å². The molecule has 0 amide bonds. The first-order chi connectivity index (χ1) is 13.4. The van der Waals surface area contributed by atoms with E-state index in [1.165, 1.54) is 38.5 Å². The van der Waals surface area contributed by atoms with Crippen LogP contribution in [0, 0.1) is 0 Å². The van der Waals surface area contributed by atoms with Gasteiger partial charge in [-0.05, 0) is 24.3 Å². The van der Waals surface area contributed by atoms with Crippen LogP contribution in [0.2, 0.25) is 5.02 Å². The molecule has 3 aromatic rings. The topological polar surface area (TPSA) is 99.9 Å². The zero-order valence-corrected chi connectivity index (χ0v) is 16.4. The van der Waals surface area contributed by atoms with Gasteiger partial charge in [0.25, 0.3) is 10.0 Å². The molecule has 1 N–H and O–H groups in total. The van der Waals surface area contributed by atoms with Crippen LogP contribution in [-0.4, -0.2) is 27.8 Å². The van der Waals surface area contributed by atoms with Crippen LogP contribution in [0.3, 0.4) is 0 Å². The van der Waals surface area contributed by atoms with Gasteiger partial charge in [-0.25, -0.2) is 8.42 Å². The molecule has 0 radical (unpaired) electrons. The molecule has 0 fully saturated rings. The van der Waals surface area contributed by atoms with Gasteiger partial charge in [0.15, 0.2) is 5.76 Å². The second-order valence-corrected chi connectivity index (χ2v) is 8.01. The Kier molecular flexibility index (Phi) is 4.56. The molecule has 1 aromatic heterocycles. The largest absolute Gasteiger partial charge is 0.495 e. The van der Waals surface area contributed by atoms with E-state index in [4.69, 9.17) is 30.3 Å². The Morgan fingerprint density at radius 3 is 2.68 bits per heavy atom. The molecule has 4 rings (SSSR count). The minimum Gasteiger partial charge on any atom is -0.495 e. The molecule has 0 saturated heterocycles. The lowest BCUT2D eigenvalue weighted by molar-refractivity contribution is 0.297. The van der Waals surface area contributed by atoms with E-state index in [1.807, 2.05) is 0 Å². The third-order valence-electron chi connectivity index (χ3n) is 4.25. The number of sulfonamides is 1. The molecular formula is C18H15ClN2O6S. The lowest BCUT2D eigenvalue weighted by Crippen LogP contribution is -2.14. The molecule has 0 aliphatic carbocycles. The summed E-state index contributed by atoms with van der Waals surface area (Å²) in [5.41, 5.74) is 1.45. The van der Waals surface area contributed by atoms with Gasteiger partial charge in [-0.2, -0.15) is 0 Å².